The first-order valence-electron chi connectivity index (χ1n) is 6.11. The fraction of sp³-hybridized carbons (Fsp3) is 0.615. The Morgan fingerprint density at radius 2 is 1.89 bits per heavy atom. The maximum absolute atomic E-state index is 11.8. The first kappa shape index (κ1) is 12.8. The number of carbonyl (C=O) groups excluding carboxylic acids is 1. The van der Waals surface area contributed by atoms with E-state index in [0.717, 1.165) is 18.4 Å². The maximum atomic E-state index is 11.8. The summed E-state index contributed by atoms with van der Waals surface area (Å²) in [4.78, 5) is 20.3. The van der Waals surface area contributed by atoms with E-state index in [0.29, 0.717) is 5.82 Å². The van der Waals surface area contributed by atoms with Crippen LogP contribution in [0.25, 0.3) is 0 Å². The van der Waals surface area contributed by atoms with Crippen molar-refractivity contribution in [2.75, 3.05) is 0 Å². The van der Waals surface area contributed by atoms with E-state index in [9.17, 15) is 4.79 Å². The molecule has 1 aliphatic carbocycles. The molecule has 1 N–H and O–H groups in total. The van der Waals surface area contributed by atoms with E-state index in [1.807, 2.05) is 27.7 Å². The molecule has 1 aliphatic rings. The molecule has 0 bridgehead atoms. The molecule has 1 amide bonds. The van der Waals surface area contributed by atoms with Crippen LogP contribution in [0.15, 0.2) is 12.4 Å². The zero-order valence-corrected chi connectivity index (χ0v) is 11.3. The van der Waals surface area contributed by atoms with Crippen molar-refractivity contribution >= 4 is 6.09 Å². The van der Waals surface area contributed by atoms with E-state index >= 15 is 0 Å². The Morgan fingerprint density at radius 3 is 2.33 bits per heavy atom. The molecule has 0 spiro atoms. The van der Waals surface area contributed by atoms with Gasteiger partial charge >= 0.3 is 6.09 Å². The van der Waals surface area contributed by atoms with Crippen LogP contribution in [0.1, 0.15) is 45.0 Å². The molecular weight excluding hydrogens is 230 g/mol. The van der Waals surface area contributed by atoms with Gasteiger partial charge in [-0.05, 0) is 46.1 Å². The SMILES string of the molecule is Cc1cnc(C2(NC(=O)OC(C)(C)C)CC2)nc1. The van der Waals surface area contributed by atoms with Crippen molar-refractivity contribution in [3.8, 4) is 0 Å². The molecule has 1 fully saturated rings. The molecule has 0 saturated heterocycles. The Bertz CT molecular complexity index is 444. The van der Waals surface area contributed by atoms with Gasteiger partial charge in [0, 0.05) is 12.4 Å². The first-order chi connectivity index (χ1) is 8.31. The third kappa shape index (κ3) is 2.97. The van der Waals surface area contributed by atoms with Crippen LogP contribution < -0.4 is 5.32 Å². The Hall–Kier alpha value is -1.65. The highest BCUT2D eigenvalue weighted by atomic mass is 16.6. The zero-order valence-electron chi connectivity index (χ0n) is 11.3. The maximum Gasteiger partial charge on any atom is 0.408 e. The molecule has 0 radical (unpaired) electrons. The highest BCUT2D eigenvalue weighted by Crippen LogP contribution is 2.43. The second-order valence-corrected chi connectivity index (χ2v) is 5.79. The van der Waals surface area contributed by atoms with Gasteiger partial charge in [-0.15, -0.1) is 0 Å². The highest BCUT2D eigenvalue weighted by Gasteiger charge is 2.49. The van der Waals surface area contributed by atoms with Gasteiger partial charge in [-0.3, -0.25) is 0 Å². The fourth-order valence-electron chi connectivity index (χ4n) is 1.67. The van der Waals surface area contributed by atoms with Gasteiger partial charge in [-0.25, -0.2) is 14.8 Å². The van der Waals surface area contributed by atoms with Crippen molar-refractivity contribution in [1.29, 1.82) is 0 Å². The molecule has 1 aromatic heterocycles. The summed E-state index contributed by atoms with van der Waals surface area (Å²) in [7, 11) is 0. The largest absolute Gasteiger partial charge is 0.444 e. The first-order valence-corrected chi connectivity index (χ1v) is 6.11. The third-order valence-electron chi connectivity index (χ3n) is 2.70. The lowest BCUT2D eigenvalue weighted by molar-refractivity contribution is 0.0492. The second kappa shape index (κ2) is 4.23. The van der Waals surface area contributed by atoms with Crippen LogP contribution in [0, 0.1) is 6.92 Å². The topological polar surface area (TPSA) is 64.1 Å². The van der Waals surface area contributed by atoms with Gasteiger partial charge in [0.1, 0.15) is 11.1 Å². The van der Waals surface area contributed by atoms with Crippen LogP contribution in [0.2, 0.25) is 0 Å². The van der Waals surface area contributed by atoms with Crippen LogP contribution in [0.4, 0.5) is 4.79 Å². The number of carbonyl (C=O) groups is 1. The van der Waals surface area contributed by atoms with E-state index in [4.69, 9.17) is 4.74 Å². The molecule has 2 rings (SSSR count). The van der Waals surface area contributed by atoms with Crippen LogP contribution in [0.5, 0.6) is 0 Å². The molecule has 98 valence electrons. The molecular formula is C13H19N3O2. The third-order valence-corrected chi connectivity index (χ3v) is 2.70. The number of rotatable bonds is 2. The van der Waals surface area contributed by atoms with Crippen molar-refractivity contribution in [2.45, 2.75) is 51.7 Å². The number of hydrogen-bond donors (Lipinski definition) is 1. The van der Waals surface area contributed by atoms with Gasteiger partial charge in [-0.1, -0.05) is 0 Å². The van der Waals surface area contributed by atoms with E-state index in [-0.39, 0.29) is 0 Å². The monoisotopic (exact) mass is 249 g/mol. The molecule has 0 aliphatic heterocycles. The normalized spacial score (nSPS) is 17.1. The van der Waals surface area contributed by atoms with Gasteiger partial charge < -0.3 is 10.1 Å². The fourth-order valence-corrected chi connectivity index (χ4v) is 1.67. The predicted octanol–water partition coefficient (Wildman–Crippen LogP) is 2.30. The van der Waals surface area contributed by atoms with Gasteiger partial charge in [0.05, 0.1) is 0 Å². The van der Waals surface area contributed by atoms with E-state index in [2.05, 4.69) is 15.3 Å². The summed E-state index contributed by atoms with van der Waals surface area (Å²) in [5.74, 6) is 0.666. The highest BCUT2D eigenvalue weighted by molar-refractivity contribution is 5.69. The Morgan fingerprint density at radius 1 is 1.33 bits per heavy atom. The standard InChI is InChI=1S/C13H19N3O2/c1-9-7-14-10(15-8-9)13(5-6-13)16-11(17)18-12(2,3)4/h7-8H,5-6H2,1-4H3,(H,16,17). The summed E-state index contributed by atoms with van der Waals surface area (Å²) in [6.45, 7) is 7.46. The summed E-state index contributed by atoms with van der Waals surface area (Å²) in [6.07, 6.45) is 4.83. The summed E-state index contributed by atoms with van der Waals surface area (Å²) in [5, 5.41) is 2.87. The number of ether oxygens (including phenoxy) is 1. The van der Waals surface area contributed by atoms with Crippen molar-refractivity contribution in [2.24, 2.45) is 0 Å². The number of aryl methyl sites for hydroxylation is 1. The zero-order chi connectivity index (χ0) is 13.4. The minimum atomic E-state index is -0.492. The molecule has 1 saturated carbocycles. The Balaban J connectivity index is 2.04. The summed E-state index contributed by atoms with van der Waals surface area (Å²) in [6, 6.07) is 0. The van der Waals surface area contributed by atoms with Crippen molar-refractivity contribution in [3.05, 3.63) is 23.8 Å². The van der Waals surface area contributed by atoms with Gasteiger partial charge in [-0.2, -0.15) is 0 Å². The average molecular weight is 249 g/mol. The number of alkyl carbamates (subject to hydrolysis) is 1. The van der Waals surface area contributed by atoms with Crippen LogP contribution in [-0.4, -0.2) is 21.7 Å². The minimum Gasteiger partial charge on any atom is -0.444 e. The van der Waals surface area contributed by atoms with Gasteiger partial charge in [0.25, 0.3) is 0 Å². The van der Waals surface area contributed by atoms with Crippen molar-refractivity contribution in [1.82, 2.24) is 15.3 Å². The quantitative estimate of drug-likeness (QED) is 0.873. The molecule has 0 aromatic carbocycles. The van der Waals surface area contributed by atoms with Crippen LogP contribution in [0.3, 0.4) is 0 Å². The van der Waals surface area contributed by atoms with Gasteiger partial charge in [0.2, 0.25) is 0 Å². The molecule has 0 atom stereocenters. The van der Waals surface area contributed by atoms with E-state index < -0.39 is 17.2 Å². The smallest absolute Gasteiger partial charge is 0.408 e. The number of amides is 1. The number of nitrogens with zero attached hydrogens (tertiary/aromatic N) is 2. The van der Waals surface area contributed by atoms with Crippen LogP contribution in [-0.2, 0) is 10.3 Å². The Kier molecular flexibility index (Phi) is 3.00. The average Bonchev–Trinajstić information content (AvgIpc) is 2.96. The molecule has 1 aromatic rings. The minimum absolute atomic E-state index is 0.413. The molecule has 5 nitrogen and oxygen atoms in total. The number of aromatic nitrogens is 2. The Labute approximate surface area is 107 Å². The second-order valence-electron chi connectivity index (χ2n) is 5.79. The summed E-state index contributed by atoms with van der Waals surface area (Å²) in [5.41, 5.74) is 0.0939. The lowest BCUT2D eigenvalue weighted by Crippen LogP contribution is -2.40. The molecule has 18 heavy (non-hydrogen) atoms. The summed E-state index contributed by atoms with van der Waals surface area (Å²) < 4.78 is 5.25. The summed E-state index contributed by atoms with van der Waals surface area (Å²) >= 11 is 0. The predicted molar refractivity (Wildman–Crippen MR) is 67.1 cm³/mol. The van der Waals surface area contributed by atoms with Crippen molar-refractivity contribution < 1.29 is 9.53 Å². The molecule has 1 heterocycles. The van der Waals surface area contributed by atoms with Crippen LogP contribution >= 0.6 is 0 Å². The van der Waals surface area contributed by atoms with Crippen molar-refractivity contribution in [3.63, 3.8) is 0 Å². The lowest BCUT2D eigenvalue weighted by Gasteiger charge is -2.22. The molecule has 0 unspecified atom stereocenters. The van der Waals surface area contributed by atoms with E-state index in [1.165, 1.54) is 0 Å². The molecule has 5 heteroatoms. The van der Waals surface area contributed by atoms with Gasteiger partial charge in [0.15, 0.2) is 5.82 Å². The number of hydrogen-bond acceptors (Lipinski definition) is 4. The number of nitrogens with one attached hydrogen (secondary N) is 1. The van der Waals surface area contributed by atoms with E-state index in [1.54, 1.807) is 12.4 Å². The lowest BCUT2D eigenvalue weighted by atomic mass is 10.2.